The standard InChI is InChI=1S/C10H8FNO2S/c11-8-3-6(1-2-9(8)14)10-12-4-7(5-13)15-10/h1-4,13-14H,5H2. The molecule has 1 aromatic carbocycles. The normalized spacial score (nSPS) is 10.5. The first-order chi connectivity index (χ1) is 7.20. The molecule has 0 saturated carbocycles. The number of rotatable bonds is 2. The quantitative estimate of drug-likeness (QED) is 0.823. The summed E-state index contributed by atoms with van der Waals surface area (Å²) in [5.41, 5.74) is 0.593. The van der Waals surface area contributed by atoms with Gasteiger partial charge in [-0.25, -0.2) is 9.37 Å². The maximum atomic E-state index is 13.0. The van der Waals surface area contributed by atoms with E-state index in [1.165, 1.54) is 23.5 Å². The van der Waals surface area contributed by atoms with Crippen molar-refractivity contribution in [3.8, 4) is 16.3 Å². The summed E-state index contributed by atoms with van der Waals surface area (Å²) in [6, 6.07) is 4.08. The molecule has 0 radical (unpaired) electrons. The van der Waals surface area contributed by atoms with Crippen molar-refractivity contribution in [3.63, 3.8) is 0 Å². The Morgan fingerprint density at radius 2 is 2.20 bits per heavy atom. The summed E-state index contributed by atoms with van der Waals surface area (Å²) in [5.74, 6) is -1.05. The van der Waals surface area contributed by atoms with Gasteiger partial charge in [0, 0.05) is 11.8 Å². The Balaban J connectivity index is 2.40. The number of benzene rings is 1. The number of phenolic OH excluding ortho intramolecular Hbond substituents is 1. The molecular formula is C10H8FNO2S. The van der Waals surface area contributed by atoms with Gasteiger partial charge in [0.2, 0.25) is 0 Å². The molecule has 0 unspecified atom stereocenters. The fourth-order valence-electron chi connectivity index (χ4n) is 1.15. The van der Waals surface area contributed by atoms with Crippen molar-refractivity contribution in [1.29, 1.82) is 0 Å². The second-order valence-electron chi connectivity index (χ2n) is 2.96. The number of phenols is 1. The molecule has 2 N–H and O–H groups in total. The zero-order valence-electron chi connectivity index (χ0n) is 7.64. The van der Waals surface area contributed by atoms with E-state index in [9.17, 15) is 4.39 Å². The van der Waals surface area contributed by atoms with Crippen LogP contribution in [0.1, 0.15) is 4.88 Å². The lowest BCUT2D eigenvalue weighted by atomic mass is 10.2. The number of nitrogens with zero attached hydrogens (tertiary/aromatic N) is 1. The zero-order valence-corrected chi connectivity index (χ0v) is 8.46. The van der Waals surface area contributed by atoms with Crippen molar-refractivity contribution in [2.24, 2.45) is 0 Å². The summed E-state index contributed by atoms with van der Waals surface area (Å²) < 4.78 is 13.0. The van der Waals surface area contributed by atoms with Crippen LogP contribution in [0.4, 0.5) is 4.39 Å². The van der Waals surface area contributed by atoms with Crippen LogP contribution in [0.5, 0.6) is 5.75 Å². The second kappa shape index (κ2) is 3.96. The Labute approximate surface area is 89.5 Å². The summed E-state index contributed by atoms with van der Waals surface area (Å²) in [4.78, 5) is 4.76. The predicted molar refractivity (Wildman–Crippen MR) is 55.1 cm³/mol. The highest BCUT2D eigenvalue weighted by Crippen LogP contribution is 2.28. The molecule has 2 rings (SSSR count). The van der Waals surface area contributed by atoms with E-state index in [2.05, 4.69) is 4.98 Å². The lowest BCUT2D eigenvalue weighted by Crippen LogP contribution is -1.79. The van der Waals surface area contributed by atoms with E-state index in [1.54, 1.807) is 12.3 Å². The van der Waals surface area contributed by atoms with E-state index in [0.717, 1.165) is 4.88 Å². The molecule has 3 nitrogen and oxygen atoms in total. The summed E-state index contributed by atoms with van der Waals surface area (Å²) >= 11 is 1.29. The fourth-order valence-corrected chi connectivity index (χ4v) is 1.92. The smallest absolute Gasteiger partial charge is 0.165 e. The third kappa shape index (κ3) is 1.98. The maximum absolute atomic E-state index is 13.0. The Kier molecular flexibility index (Phi) is 2.66. The third-order valence-electron chi connectivity index (χ3n) is 1.90. The lowest BCUT2D eigenvalue weighted by Gasteiger charge is -1.98. The van der Waals surface area contributed by atoms with Crippen LogP contribution in [0.25, 0.3) is 10.6 Å². The topological polar surface area (TPSA) is 53.4 Å². The van der Waals surface area contributed by atoms with E-state index in [4.69, 9.17) is 10.2 Å². The van der Waals surface area contributed by atoms with Crippen LogP contribution in [-0.2, 0) is 6.61 Å². The zero-order chi connectivity index (χ0) is 10.8. The van der Waals surface area contributed by atoms with Gasteiger partial charge in [-0.05, 0) is 18.2 Å². The van der Waals surface area contributed by atoms with Crippen molar-refractivity contribution in [2.75, 3.05) is 0 Å². The molecule has 0 atom stereocenters. The van der Waals surface area contributed by atoms with Crippen LogP contribution in [0.2, 0.25) is 0 Å². The van der Waals surface area contributed by atoms with E-state index in [-0.39, 0.29) is 12.4 Å². The number of hydrogen-bond donors (Lipinski definition) is 2. The van der Waals surface area contributed by atoms with Crippen LogP contribution < -0.4 is 0 Å². The number of thiazole rings is 1. The van der Waals surface area contributed by atoms with Crippen LogP contribution in [0.3, 0.4) is 0 Å². The third-order valence-corrected chi connectivity index (χ3v) is 2.94. The van der Waals surface area contributed by atoms with Crippen molar-refractivity contribution in [1.82, 2.24) is 4.98 Å². The Hall–Kier alpha value is -1.46. The van der Waals surface area contributed by atoms with Gasteiger partial charge < -0.3 is 10.2 Å². The molecule has 2 aromatic rings. The first-order valence-electron chi connectivity index (χ1n) is 4.25. The molecule has 1 heterocycles. The van der Waals surface area contributed by atoms with Gasteiger partial charge in [-0.2, -0.15) is 0 Å². The molecule has 0 amide bonds. The summed E-state index contributed by atoms with van der Waals surface area (Å²) in [6.45, 7) is -0.0712. The van der Waals surface area contributed by atoms with Gasteiger partial charge in [0.25, 0.3) is 0 Å². The first kappa shape index (κ1) is 10.1. The number of halogens is 1. The van der Waals surface area contributed by atoms with Gasteiger partial charge in [-0.1, -0.05) is 0 Å². The van der Waals surface area contributed by atoms with Gasteiger partial charge >= 0.3 is 0 Å². The molecule has 1 aromatic heterocycles. The van der Waals surface area contributed by atoms with Crippen LogP contribution in [0.15, 0.2) is 24.4 Å². The van der Waals surface area contributed by atoms with Crippen molar-refractivity contribution in [2.45, 2.75) is 6.61 Å². The minimum atomic E-state index is -0.673. The molecule has 0 fully saturated rings. The molecule has 15 heavy (non-hydrogen) atoms. The monoisotopic (exact) mass is 225 g/mol. The molecular weight excluding hydrogens is 217 g/mol. The Morgan fingerprint density at radius 3 is 2.80 bits per heavy atom. The fraction of sp³-hybridized carbons (Fsp3) is 0.100. The van der Waals surface area contributed by atoms with Gasteiger partial charge in [-0.15, -0.1) is 11.3 Å². The molecule has 0 aliphatic carbocycles. The van der Waals surface area contributed by atoms with Crippen molar-refractivity contribution in [3.05, 3.63) is 35.1 Å². The largest absolute Gasteiger partial charge is 0.505 e. The van der Waals surface area contributed by atoms with Gasteiger partial charge in [0.1, 0.15) is 5.01 Å². The molecule has 5 heteroatoms. The summed E-state index contributed by atoms with van der Waals surface area (Å²) in [6.07, 6.45) is 1.55. The van der Waals surface area contributed by atoms with Crippen LogP contribution in [-0.4, -0.2) is 15.2 Å². The molecule has 0 aliphatic rings. The number of aromatic nitrogens is 1. The van der Waals surface area contributed by atoms with Crippen molar-refractivity contribution >= 4 is 11.3 Å². The Morgan fingerprint density at radius 1 is 1.40 bits per heavy atom. The first-order valence-corrected chi connectivity index (χ1v) is 5.07. The molecule has 0 bridgehead atoms. The van der Waals surface area contributed by atoms with Crippen LogP contribution in [0, 0.1) is 5.82 Å². The highest BCUT2D eigenvalue weighted by molar-refractivity contribution is 7.15. The number of aromatic hydroxyl groups is 1. The average Bonchev–Trinajstić information content (AvgIpc) is 2.70. The minimum Gasteiger partial charge on any atom is -0.505 e. The SMILES string of the molecule is OCc1cnc(-c2ccc(O)c(F)c2)s1. The maximum Gasteiger partial charge on any atom is 0.165 e. The van der Waals surface area contributed by atoms with Gasteiger partial charge in [0.15, 0.2) is 11.6 Å². The minimum absolute atomic E-state index is 0.0712. The van der Waals surface area contributed by atoms with E-state index >= 15 is 0 Å². The number of aliphatic hydroxyl groups is 1. The summed E-state index contributed by atoms with van der Waals surface area (Å²) in [7, 11) is 0. The molecule has 0 spiro atoms. The number of aliphatic hydroxyl groups excluding tert-OH is 1. The molecule has 0 aliphatic heterocycles. The Bertz CT molecular complexity index is 484. The van der Waals surface area contributed by atoms with Gasteiger partial charge in [-0.3, -0.25) is 0 Å². The van der Waals surface area contributed by atoms with E-state index in [0.29, 0.717) is 10.6 Å². The highest BCUT2D eigenvalue weighted by atomic mass is 32.1. The highest BCUT2D eigenvalue weighted by Gasteiger charge is 2.07. The second-order valence-corrected chi connectivity index (χ2v) is 4.07. The average molecular weight is 225 g/mol. The molecule has 78 valence electrons. The number of hydrogen-bond acceptors (Lipinski definition) is 4. The summed E-state index contributed by atoms with van der Waals surface area (Å²) in [5, 5.41) is 18.5. The molecule has 0 saturated heterocycles. The predicted octanol–water partition coefficient (Wildman–Crippen LogP) is 2.15. The van der Waals surface area contributed by atoms with Crippen molar-refractivity contribution < 1.29 is 14.6 Å². The van der Waals surface area contributed by atoms with Gasteiger partial charge in [0.05, 0.1) is 11.5 Å². The lowest BCUT2D eigenvalue weighted by molar-refractivity contribution is 0.285. The van der Waals surface area contributed by atoms with Crippen LogP contribution >= 0.6 is 11.3 Å². The van der Waals surface area contributed by atoms with E-state index in [1.807, 2.05) is 0 Å². The van der Waals surface area contributed by atoms with E-state index < -0.39 is 5.82 Å².